The van der Waals surface area contributed by atoms with Crippen molar-refractivity contribution in [1.82, 2.24) is 9.97 Å². The number of nitrogen functional groups attached to an aromatic ring is 1. The first-order chi connectivity index (χ1) is 9.24. The predicted octanol–water partition coefficient (Wildman–Crippen LogP) is 1.75. The molecule has 0 bridgehead atoms. The van der Waals surface area contributed by atoms with Gasteiger partial charge in [0.25, 0.3) is 0 Å². The van der Waals surface area contributed by atoms with E-state index in [2.05, 4.69) is 20.7 Å². The van der Waals surface area contributed by atoms with Crippen LogP contribution >= 0.6 is 0 Å². The van der Waals surface area contributed by atoms with Crippen molar-refractivity contribution in [3.05, 3.63) is 24.3 Å². The van der Waals surface area contributed by atoms with Gasteiger partial charge in [-0.15, -0.1) is 0 Å². The first-order valence-corrected chi connectivity index (χ1v) is 6.33. The van der Waals surface area contributed by atoms with Crippen LogP contribution in [0.5, 0.6) is 0 Å². The molecule has 102 valence electrons. The number of aromatic nitrogens is 2. The Kier molecular flexibility index (Phi) is 4.48. The van der Waals surface area contributed by atoms with Crippen LogP contribution in [0.25, 0.3) is 10.9 Å². The topological polar surface area (TPSA) is 85.1 Å². The van der Waals surface area contributed by atoms with E-state index in [1.165, 1.54) is 0 Å². The number of nitrogens with one attached hydrogen (secondary N) is 2. The quantitative estimate of drug-likeness (QED) is 0.542. The highest BCUT2D eigenvalue weighted by atomic mass is 16.5. The van der Waals surface area contributed by atoms with Crippen molar-refractivity contribution in [2.24, 2.45) is 5.84 Å². The second-order valence-electron chi connectivity index (χ2n) is 4.20. The fraction of sp³-hybridized carbons (Fsp3) is 0.385. The van der Waals surface area contributed by atoms with Gasteiger partial charge in [0, 0.05) is 18.5 Å². The van der Waals surface area contributed by atoms with Gasteiger partial charge in [0.1, 0.15) is 5.82 Å². The summed E-state index contributed by atoms with van der Waals surface area (Å²) in [4.78, 5) is 8.64. The standard InChI is InChI=1S/C13H19N5O/c1-3-19-9(2)8-15-12-10-6-4-5-7-11(10)16-13(17-12)18-14/h4-7,9H,3,8,14H2,1-2H3,(H2,15,16,17,18). The van der Waals surface area contributed by atoms with Crippen LogP contribution in [-0.2, 0) is 4.74 Å². The van der Waals surface area contributed by atoms with E-state index in [0.717, 1.165) is 16.7 Å². The number of hydrogen-bond acceptors (Lipinski definition) is 6. The number of benzene rings is 1. The molecular formula is C13H19N5O. The molecule has 0 aliphatic carbocycles. The summed E-state index contributed by atoms with van der Waals surface area (Å²) >= 11 is 0. The summed E-state index contributed by atoms with van der Waals surface area (Å²) in [5.74, 6) is 6.53. The van der Waals surface area contributed by atoms with E-state index in [1.54, 1.807) is 0 Å². The lowest BCUT2D eigenvalue weighted by atomic mass is 10.2. The average Bonchev–Trinajstić information content (AvgIpc) is 2.44. The zero-order valence-corrected chi connectivity index (χ0v) is 11.2. The summed E-state index contributed by atoms with van der Waals surface area (Å²) in [6.45, 7) is 5.37. The molecule has 0 radical (unpaired) electrons. The van der Waals surface area contributed by atoms with Gasteiger partial charge < -0.3 is 10.1 Å². The third kappa shape index (κ3) is 3.30. The summed E-state index contributed by atoms with van der Waals surface area (Å²) in [7, 11) is 0. The molecule has 0 saturated carbocycles. The number of fused-ring (bicyclic) bond motifs is 1. The molecule has 1 unspecified atom stereocenters. The molecule has 0 amide bonds. The summed E-state index contributed by atoms with van der Waals surface area (Å²) < 4.78 is 5.49. The lowest BCUT2D eigenvalue weighted by Gasteiger charge is -2.14. The van der Waals surface area contributed by atoms with Crippen molar-refractivity contribution in [2.45, 2.75) is 20.0 Å². The minimum Gasteiger partial charge on any atom is -0.377 e. The number of anilines is 2. The highest BCUT2D eigenvalue weighted by Gasteiger charge is 2.08. The smallest absolute Gasteiger partial charge is 0.239 e. The van der Waals surface area contributed by atoms with Crippen LogP contribution in [0, 0.1) is 0 Å². The van der Waals surface area contributed by atoms with Crippen molar-refractivity contribution in [2.75, 3.05) is 23.9 Å². The normalized spacial score (nSPS) is 12.4. The first kappa shape index (κ1) is 13.5. The molecular weight excluding hydrogens is 242 g/mol. The van der Waals surface area contributed by atoms with E-state index >= 15 is 0 Å². The van der Waals surface area contributed by atoms with Crippen LogP contribution in [-0.4, -0.2) is 29.2 Å². The molecule has 0 spiro atoms. The Bertz CT molecular complexity index is 546. The summed E-state index contributed by atoms with van der Waals surface area (Å²) in [5, 5.41) is 4.24. The molecule has 1 aromatic carbocycles. The average molecular weight is 261 g/mol. The van der Waals surface area contributed by atoms with Gasteiger partial charge in [-0.3, -0.25) is 5.43 Å². The fourth-order valence-corrected chi connectivity index (χ4v) is 1.86. The van der Waals surface area contributed by atoms with Crippen LogP contribution in [0.2, 0.25) is 0 Å². The molecule has 1 atom stereocenters. The monoisotopic (exact) mass is 261 g/mol. The molecule has 0 aliphatic rings. The molecule has 2 aromatic rings. The molecule has 2 rings (SSSR count). The maximum Gasteiger partial charge on any atom is 0.239 e. The SMILES string of the molecule is CCOC(C)CNc1nc(NN)nc2ccccc12. The second-order valence-corrected chi connectivity index (χ2v) is 4.20. The van der Waals surface area contributed by atoms with Gasteiger partial charge in [0.2, 0.25) is 5.95 Å². The van der Waals surface area contributed by atoms with E-state index in [1.807, 2.05) is 38.1 Å². The van der Waals surface area contributed by atoms with E-state index in [9.17, 15) is 0 Å². The molecule has 0 aliphatic heterocycles. The van der Waals surface area contributed by atoms with Gasteiger partial charge in [0.05, 0.1) is 11.6 Å². The van der Waals surface area contributed by atoms with Gasteiger partial charge in [-0.25, -0.2) is 10.8 Å². The van der Waals surface area contributed by atoms with E-state index in [4.69, 9.17) is 10.6 Å². The first-order valence-electron chi connectivity index (χ1n) is 6.33. The number of rotatable bonds is 6. The van der Waals surface area contributed by atoms with E-state index < -0.39 is 0 Å². The van der Waals surface area contributed by atoms with Gasteiger partial charge in [-0.05, 0) is 26.0 Å². The van der Waals surface area contributed by atoms with Crippen molar-refractivity contribution >= 4 is 22.7 Å². The fourth-order valence-electron chi connectivity index (χ4n) is 1.86. The van der Waals surface area contributed by atoms with Crippen molar-refractivity contribution < 1.29 is 4.74 Å². The van der Waals surface area contributed by atoms with Crippen molar-refractivity contribution in [1.29, 1.82) is 0 Å². The van der Waals surface area contributed by atoms with Gasteiger partial charge in [-0.2, -0.15) is 4.98 Å². The molecule has 1 heterocycles. The second kappa shape index (κ2) is 6.31. The highest BCUT2D eigenvalue weighted by molar-refractivity contribution is 5.89. The number of ether oxygens (including phenoxy) is 1. The molecule has 19 heavy (non-hydrogen) atoms. The molecule has 0 fully saturated rings. The number of hydrazine groups is 1. The zero-order valence-electron chi connectivity index (χ0n) is 11.2. The van der Waals surface area contributed by atoms with Crippen LogP contribution < -0.4 is 16.6 Å². The molecule has 1 aromatic heterocycles. The lowest BCUT2D eigenvalue weighted by Crippen LogP contribution is -2.21. The van der Waals surface area contributed by atoms with Crippen LogP contribution in [0.4, 0.5) is 11.8 Å². The molecule has 6 nitrogen and oxygen atoms in total. The Morgan fingerprint density at radius 1 is 1.32 bits per heavy atom. The number of hydrogen-bond donors (Lipinski definition) is 3. The Balaban J connectivity index is 2.25. The van der Waals surface area contributed by atoms with Crippen LogP contribution in [0.15, 0.2) is 24.3 Å². The maximum absolute atomic E-state index is 5.49. The Morgan fingerprint density at radius 3 is 2.84 bits per heavy atom. The van der Waals surface area contributed by atoms with Gasteiger partial charge >= 0.3 is 0 Å². The number of nitrogens with zero attached hydrogens (tertiary/aromatic N) is 2. The zero-order chi connectivity index (χ0) is 13.7. The van der Waals surface area contributed by atoms with Crippen molar-refractivity contribution in [3.8, 4) is 0 Å². The van der Waals surface area contributed by atoms with E-state index in [0.29, 0.717) is 19.1 Å². The lowest BCUT2D eigenvalue weighted by molar-refractivity contribution is 0.0855. The van der Waals surface area contributed by atoms with Crippen LogP contribution in [0.1, 0.15) is 13.8 Å². The summed E-state index contributed by atoms with van der Waals surface area (Å²) in [5.41, 5.74) is 3.32. The molecule has 6 heteroatoms. The van der Waals surface area contributed by atoms with Gasteiger partial charge in [0.15, 0.2) is 0 Å². The maximum atomic E-state index is 5.49. The minimum atomic E-state index is 0.119. The Morgan fingerprint density at radius 2 is 2.11 bits per heavy atom. The summed E-state index contributed by atoms with van der Waals surface area (Å²) in [6.07, 6.45) is 0.119. The third-order valence-corrected chi connectivity index (χ3v) is 2.74. The Hall–Kier alpha value is -1.92. The van der Waals surface area contributed by atoms with Crippen molar-refractivity contribution in [3.63, 3.8) is 0 Å². The van der Waals surface area contributed by atoms with Gasteiger partial charge in [-0.1, -0.05) is 12.1 Å². The largest absolute Gasteiger partial charge is 0.377 e. The Labute approximate surface area is 112 Å². The number of para-hydroxylation sites is 1. The molecule has 0 saturated heterocycles. The van der Waals surface area contributed by atoms with Crippen LogP contribution in [0.3, 0.4) is 0 Å². The summed E-state index contributed by atoms with van der Waals surface area (Å²) in [6, 6.07) is 7.79. The number of nitrogens with two attached hydrogens (primary N) is 1. The highest BCUT2D eigenvalue weighted by Crippen LogP contribution is 2.21. The van der Waals surface area contributed by atoms with E-state index in [-0.39, 0.29) is 6.10 Å². The minimum absolute atomic E-state index is 0.119. The predicted molar refractivity (Wildman–Crippen MR) is 76.9 cm³/mol. The third-order valence-electron chi connectivity index (χ3n) is 2.74. The molecule has 4 N–H and O–H groups in total.